The van der Waals surface area contributed by atoms with Crippen LogP contribution in [0.1, 0.15) is 23.7 Å². The van der Waals surface area contributed by atoms with Crippen LogP contribution in [0.15, 0.2) is 12.3 Å². The molecule has 0 aromatic carbocycles. The highest BCUT2D eigenvalue weighted by atomic mass is 19.1. The van der Waals surface area contributed by atoms with Crippen LogP contribution >= 0.6 is 0 Å². The van der Waals surface area contributed by atoms with E-state index in [1.54, 1.807) is 0 Å². The fourth-order valence-corrected chi connectivity index (χ4v) is 1.49. The lowest BCUT2D eigenvalue weighted by Crippen LogP contribution is -2.07. The Morgan fingerprint density at radius 1 is 1.57 bits per heavy atom. The van der Waals surface area contributed by atoms with E-state index in [4.69, 9.17) is 0 Å². The molecule has 0 bridgehead atoms. The molecule has 0 aliphatic heterocycles. The summed E-state index contributed by atoms with van der Waals surface area (Å²) in [6, 6.07) is 0.864. The second-order valence-electron chi connectivity index (χ2n) is 3.67. The number of aromatic nitrogens is 1. The molecule has 1 aliphatic carbocycles. The summed E-state index contributed by atoms with van der Waals surface area (Å²) in [7, 11) is 0. The van der Waals surface area contributed by atoms with Gasteiger partial charge in [-0.05, 0) is 12.3 Å². The summed E-state index contributed by atoms with van der Waals surface area (Å²) >= 11 is 0. The van der Waals surface area contributed by atoms with Gasteiger partial charge < -0.3 is 0 Å². The van der Waals surface area contributed by atoms with Crippen molar-refractivity contribution in [3.63, 3.8) is 0 Å². The molecule has 2 unspecified atom stereocenters. The Balaban J connectivity index is 2.31. The highest BCUT2D eigenvalue weighted by molar-refractivity contribution is 5.99. The van der Waals surface area contributed by atoms with E-state index in [1.165, 1.54) is 0 Å². The Kier molecular flexibility index (Phi) is 2.06. The fraction of sp³-hybridized carbons (Fsp3) is 0.400. The number of carbonyl (C=O) groups excluding carboxylic acids is 1. The van der Waals surface area contributed by atoms with Gasteiger partial charge in [-0.25, -0.2) is 9.37 Å². The molecule has 2 nitrogen and oxygen atoms in total. The van der Waals surface area contributed by atoms with Crippen molar-refractivity contribution in [3.05, 3.63) is 29.6 Å². The molecule has 1 saturated carbocycles. The first-order chi connectivity index (χ1) is 6.59. The minimum atomic E-state index is -0.817. The third kappa shape index (κ3) is 1.52. The molecule has 1 aromatic rings. The lowest BCUT2D eigenvalue weighted by atomic mass is 10.1. The lowest BCUT2D eigenvalue weighted by molar-refractivity contribution is 0.0957. The summed E-state index contributed by atoms with van der Waals surface area (Å²) in [4.78, 5) is 14.7. The summed E-state index contributed by atoms with van der Waals surface area (Å²) in [5.74, 6) is -1.71. The van der Waals surface area contributed by atoms with Gasteiger partial charge in [0.1, 0.15) is 0 Å². The van der Waals surface area contributed by atoms with Crippen LogP contribution in [-0.2, 0) is 0 Å². The Hall–Kier alpha value is -1.32. The van der Waals surface area contributed by atoms with Gasteiger partial charge in [0.05, 0.1) is 11.8 Å². The standard InChI is InChI=1S/C10H9F2NO/c1-5-2-6(5)10(14)7-3-9(12)13-4-8(7)11/h3-6H,2H2,1H3. The normalized spacial score (nSPS) is 24.8. The quantitative estimate of drug-likeness (QED) is 0.537. The second kappa shape index (κ2) is 3.12. The maximum atomic E-state index is 13.1. The molecule has 1 heterocycles. The maximum absolute atomic E-state index is 13.1. The number of hydrogen-bond acceptors (Lipinski definition) is 2. The number of hydrogen-bond donors (Lipinski definition) is 0. The van der Waals surface area contributed by atoms with Crippen molar-refractivity contribution >= 4 is 5.78 Å². The van der Waals surface area contributed by atoms with Gasteiger partial charge in [0.25, 0.3) is 0 Å². The number of nitrogens with zero attached hydrogens (tertiary/aromatic N) is 1. The SMILES string of the molecule is CC1CC1C(=O)c1cc(F)ncc1F. The Morgan fingerprint density at radius 3 is 2.79 bits per heavy atom. The van der Waals surface area contributed by atoms with Crippen LogP contribution in [0.5, 0.6) is 0 Å². The monoisotopic (exact) mass is 197 g/mol. The van der Waals surface area contributed by atoms with Crippen molar-refractivity contribution in [1.29, 1.82) is 0 Å². The van der Waals surface area contributed by atoms with E-state index in [1.807, 2.05) is 6.92 Å². The van der Waals surface area contributed by atoms with Gasteiger partial charge in [0.2, 0.25) is 5.95 Å². The van der Waals surface area contributed by atoms with Gasteiger partial charge in [0, 0.05) is 12.0 Å². The highest BCUT2D eigenvalue weighted by Crippen LogP contribution is 2.40. The van der Waals surface area contributed by atoms with E-state index in [2.05, 4.69) is 4.98 Å². The molecule has 2 rings (SSSR count). The predicted molar refractivity (Wildman–Crippen MR) is 45.8 cm³/mol. The van der Waals surface area contributed by atoms with Crippen LogP contribution < -0.4 is 0 Å². The van der Waals surface area contributed by atoms with Gasteiger partial charge in [0.15, 0.2) is 11.6 Å². The molecule has 74 valence electrons. The van der Waals surface area contributed by atoms with Gasteiger partial charge >= 0.3 is 0 Å². The molecule has 1 aliphatic rings. The van der Waals surface area contributed by atoms with Crippen molar-refractivity contribution in [2.45, 2.75) is 13.3 Å². The van der Waals surface area contributed by atoms with Crippen molar-refractivity contribution < 1.29 is 13.6 Å². The number of halogens is 2. The molecular formula is C10H9F2NO. The van der Waals surface area contributed by atoms with Crippen molar-refractivity contribution in [2.24, 2.45) is 11.8 Å². The molecule has 0 radical (unpaired) electrons. The first-order valence-corrected chi connectivity index (χ1v) is 4.45. The van der Waals surface area contributed by atoms with E-state index in [9.17, 15) is 13.6 Å². The smallest absolute Gasteiger partial charge is 0.213 e. The van der Waals surface area contributed by atoms with E-state index >= 15 is 0 Å². The van der Waals surface area contributed by atoms with Gasteiger partial charge in [-0.1, -0.05) is 6.92 Å². The van der Waals surface area contributed by atoms with E-state index in [0.717, 1.165) is 18.7 Å². The number of pyridine rings is 1. The minimum absolute atomic E-state index is 0.133. The molecule has 0 saturated heterocycles. The zero-order valence-corrected chi connectivity index (χ0v) is 7.63. The average molecular weight is 197 g/mol. The molecular weight excluding hydrogens is 188 g/mol. The fourth-order valence-electron chi connectivity index (χ4n) is 1.49. The first kappa shape index (κ1) is 9.24. The molecule has 1 aromatic heterocycles. The topological polar surface area (TPSA) is 30.0 Å². The largest absolute Gasteiger partial charge is 0.294 e. The van der Waals surface area contributed by atoms with Crippen LogP contribution in [-0.4, -0.2) is 10.8 Å². The van der Waals surface area contributed by atoms with Crippen molar-refractivity contribution in [3.8, 4) is 0 Å². The van der Waals surface area contributed by atoms with Crippen molar-refractivity contribution in [2.75, 3.05) is 0 Å². The van der Waals surface area contributed by atoms with E-state index in [0.29, 0.717) is 0 Å². The second-order valence-corrected chi connectivity index (χ2v) is 3.67. The van der Waals surface area contributed by atoms with Crippen molar-refractivity contribution in [1.82, 2.24) is 4.98 Å². The zero-order valence-electron chi connectivity index (χ0n) is 7.63. The Bertz CT molecular complexity index is 392. The predicted octanol–water partition coefficient (Wildman–Crippen LogP) is 2.20. The minimum Gasteiger partial charge on any atom is -0.294 e. The molecule has 1 fully saturated rings. The van der Waals surface area contributed by atoms with Gasteiger partial charge in [-0.2, -0.15) is 4.39 Å². The van der Waals surface area contributed by atoms with Crippen LogP contribution in [0.3, 0.4) is 0 Å². The average Bonchev–Trinajstić information content (AvgIpc) is 2.86. The number of ketones is 1. The Morgan fingerprint density at radius 2 is 2.21 bits per heavy atom. The first-order valence-electron chi connectivity index (χ1n) is 4.45. The van der Waals surface area contributed by atoms with E-state index < -0.39 is 11.8 Å². The van der Waals surface area contributed by atoms with Crippen LogP contribution in [0.25, 0.3) is 0 Å². The molecule has 0 spiro atoms. The summed E-state index contributed by atoms with van der Waals surface area (Å²) < 4.78 is 25.7. The summed E-state index contributed by atoms with van der Waals surface area (Å²) in [6.45, 7) is 1.91. The molecule has 0 N–H and O–H groups in total. The third-order valence-electron chi connectivity index (χ3n) is 2.53. The molecule has 14 heavy (non-hydrogen) atoms. The third-order valence-corrected chi connectivity index (χ3v) is 2.53. The highest BCUT2D eigenvalue weighted by Gasteiger charge is 2.40. The van der Waals surface area contributed by atoms with Gasteiger partial charge in [-0.3, -0.25) is 4.79 Å². The van der Waals surface area contributed by atoms with Crippen LogP contribution in [0.4, 0.5) is 8.78 Å². The van der Waals surface area contributed by atoms with E-state index in [-0.39, 0.29) is 23.2 Å². The van der Waals surface area contributed by atoms with Crippen LogP contribution in [0.2, 0.25) is 0 Å². The maximum Gasteiger partial charge on any atom is 0.213 e. The van der Waals surface area contributed by atoms with Crippen LogP contribution in [0, 0.1) is 23.6 Å². The number of Topliss-reactive ketones (excluding diaryl/α,β-unsaturated/α-hetero) is 1. The zero-order chi connectivity index (χ0) is 10.3. The molecule has 2 atom stereocenters. The lowest BCUT2D eigenvalue weighted by Gasteiger charge is -2.00. The van der Waals surface area contributed by atoms with Gasteiger partial charge in [-0.15, -0.1) is 0 Å². The molecule has 0 amide bonds. The molecule has 4 heteroatoms. The summed E-state index contributed by atoms with van der Waals surface area (Å²) in [5.41, 5.74) is -0.174. The Labute approximate surface area is 80.0 Å². The summed E-state index contributed by atoms with van der Waals surface area (Å²) in [5, 5.41) is 0. The summed E-state index contributed by atoms with van der Waals surface area (Å²) in [6.07, 6.45) is 1.51. The number of carbonyl (C=O) groups is 1. The number of rotatable bonds is 2.